The standard InChI is InChI=1S/C33H40Si/c1-9-28(8)29-10-11-30(21-29)34(31-15-22(2)12-23(3)16-31,32-17-24(4)13-25(5)18-32)33-19-26(6)14-27(7)20-33/h10-21,28,30H,9H2,1-8H3. The summed E-state index contributed by atoms with van der Waals surface area (Å²) in [6.07, 6.45) is 8.75. The van der Waals surface area contributed by atoms with Gasteiger partial charge in [-0.2, -0.15) is 0 Å². The summed E-state index contributed by atoms with van der Waals surface area (Å²) in [5.74, 6) is 0.589. The Labute approximate surface area is 208 Å². The molecule has 1 aliphatic rings. The van der Waals surface area contributed by atoms with Crippen LogP contribution in [0.1, 0.15) is 53.6 Å². The van der Waals surface area contributed by atoms with E-state index in [1.807, 2.05) is 0 Å². The lowest BCUT2D eigenvalue weighted by Crippen LogP contribution is -2.69. The van der Waals surface area contributed by atoms with Crippen LogP contribution in [0.5, 0.6) is 0 Å². The highest BCUT2D eigenvalue weighted by atomic mass is 28.3. The molecule has 3 aromatic carbocycles. The van der Waals surface area contributed by atoms with Gasteiger partial charge in [-0.15, -0.1) is 0 Å². The second-order valence-electron chi connectivity index (χ2n) is 10.8. The lowest BCUT2D eigenvalue weighted by Gasteiger charge is -2.39. The van der Waals surface area contributed by atoms with E-state index in [0.29, 0.717) is 11.5 Å². The molecule has 1 heteroatoms. The lowest BCUT2D eigenvalue weighted by molar-refractivity contribution is 0.671. The van der Waals surface area contributed by atoms with Crippen molar-refractivity contribution in [1.29, 1.82) is 0 Å². The van der Waals surface area contributed by atoms with Gasteiger partial charge in [-0.25, -0.2) is 0 Å². The van der Waals surface area contributed by atoms with Crippen molar-refractivity contribution < 1.29 is 0 Å². The molecule has 0 nitrogen and oxygen atoms in total. The summed E-state index contributed by atoms with van der Waals surface area (Å²) in [6, 6.07) is 21.8. The Kier molecular flexibility index (Phi) is 6.87. The largest absolute Gasteiger partial charge is 0.158 e. The van der Waals surface area contributed by atoms with Crippen molar-refractivity contribution in [3.8, 4) is 0 Å². The number of hydrogen-bond acceptors (Lipinski definition) is 0. The Morgan fingerprint density at radius 3 is 1.29 bits per heavy atom. The monoisotopic (exact) mass is 464 g/mol. The van der Waals surface area contributed by atoms with E-state index in [2.05, 4.69) is 128 Å². The van der Waals surface area contributed by atoms with Gasteiger partial charge in [0.2, 0.25) is 0 Å². The first-order valence-corrected chi connectivity index (χ1v) is 14.9. The van der Waals surface area contributed by atoms with Crippen LogP contribution in [-0.4, -0.2) is 8.07 Å². The van der Waals surface area contributed by atoms with Gasteiger partial charge in [0.15, 0.2) is 8.07 Å². The summed E-state index contributed by atoms with van der Waals surface area (Å²) in [4.78, 5) is 0. The fourth-order valence-corrected chi connectivity index (χ4v) is 11.8. The molecule has 176 valence electrons. The molecule has 4 rings (SSSR count). The number of benzene rings is 3. The minimum Gasteiger partial charge on any atom is -0.0790 e. The molecule has 0 N–H and O–H groups in total. The Morgan fingerprint density at radius 1 is 0.618 bits per heavy atom. The zero-order chi connectivity index (χ0) is 24.6. The first-order chi connectivity index (χ1) is 16.1. The molecule has 2 atom stereocenters. The van der Waals surface area contributed by atoms with Gasteiger partial charge in [0, 0.05) is 5.54 Å². The Morgan fingerprint density at radius 2 is 0.971 bits per heavy atom. The maximum absolute atomic E-state index is 2.62. The molecule has 0 saturated heterocycles. The van der Waals surface area contributed by atoms with Gasteiger partial charge in [-0.1, -0.05) is 120 Å². The molecular formula is C33H40Si. The van der Waals surface area contributed by atoms with Crippen LogP contribution in [0, 0.1) is 47.5 Å². The zero-order valence-electron chi connectivity index (χ0n) is 22.3. The van der Waals surface area contributed by atoms with Gasteiger partial charge < -0.3 is 0 Å². The number of aryl methyl sites for hydroxylation is 6. The van der Waals surface area contributed by atoms with Crippen molar-refractivity contribution in [2.45, 2.75) is 67.4 Å². The normalized spacial score (nSPS) is 16.6. The third kappa shape index (κ3) is 4.51. The van der Waals surface area contributed by atoms with Gasteiger partial charge in [0.1, 0.15) is 0 Å². The molecule has 0 saturated carbocycles. The summed E-state index contributed by atoms with van der Waals surface area (Å²) in [6.45, 7) is 18.2. The van der Waals surface area contributed by atoms with Crippen molar-refractivity contribution in [1.82, 2.24) is 0 Å². The van der Waals surface area contributed by atoms with Crippen molar-refractivity contribution in [2.24, 2.45) is 5.92 Å². The van der Waals surface area contributed by atoms with Crippen molar-refractivity contribution >= 4 is 23.6 Å². The summed E-state index contributed by atoms with van der Waals surface area (Å²) < 4.78 is 0. The number of allylic oxidation sites excluding steroid dienone is 4. The van der Waals surface area contributed by atoms with E-state index in [1.54, 1.807) is 0 Å². The molecule has 0 heterocycles. The smallest absolute Gasteiger partial charge is 0.0790 e. The first kappa shape index (κ1) is 24.5. The minimum atomic E-state index is -2.44. The molecular weight excluding hydrogens is 424 g/mol. The van der Waals surface area contributed by atoms with E-state index >= 15 is 0 Å². The quantitative estimate of drug-likeness (QED) is 0.274. The van der Waals surface area contributed by atoms with Crippen molar-refractivity contribution in [2.75, 3.05) is 0 Å². The van der Waals surface area contributed by atoms with E-state index in [0.717, 1.165) is 0 Å². The first-order valence-electron chi connectivity index (χ1n) is 12.8. The van der Waals surface area contributed by atoms with E-state index < -0.39 is 8.07 Å². The Balaban J connectivity index is 2.16. The molecule has 3 aromatic rings. The van der Waals surface area contributed by atoms with Gasteiger partial charge in [-0.3, -0.25) is 0 Å². The lowest BCUT2D eigenvalue weighted by atomic mass is 10.0. The van der Waals surface area contributed by atoms with Crippen LogP contribution in [0.25, 0.3) is 0 Å². The topological polar surface area (TPSA) is 0 Å². The van der Waals surface area contributed by atoms with Gasteiger partial charge in [-0.05, 0) is 75.0 Å². The van der Waals surface area contributed by atoms with Crippen LogP contribution in [0.15, 0.2) is 78.4 Å². The predicted octanol–water partition coefficient (Wildman–Crippen LogP) is 6.92. The van der Waals surface area contributed by atoms with Gasteiger partial charge in [0.05, 0.1) is 0 Å². The maximum Gasteiger partial charge on any atom is 0.158 e. The van der Waals surface area contributed by atoms with E-state index in [1.165, 1.54) is 60.9 Å². The fourth-order valence-electron chi connectivity index (χ4n) is 6.05. The summed E-state index contributed by atoms with van der Waals surface area (Å²) in [5.41, 5.74) is 10.0. The second kappa shape index (κ2) is 9.54. The van der Waals surface area contributed by atoms with Crippen LogP contribution in [0.4, 0.5) is 0 Å². The SMILES string of the molecule is CCC(C)C1=CC([Si](c2cc(C)cc(C)c2)(c2cc(C)cc(C)c2)c2cc(C)cc(C)c2)C=C1. The van der Waals surface area contributed by atoms with E-state index in [-0.39, 0.29) is 0 Å². The average molecular weight is 465 g/mol. The highest BCUT2D eigenvalue weighted by molar-refractivity contribution is 7.13. The summed E-state index contributed by atoms with van der Waals surface area (Å²) >= 11 is 0. The molecule has 0 radical (unpaired) electrons. The molecule has 0 spiro atoms. The molecule has 0 aliphatic heterocycles. The minimum absolute atomic E-state index is 0.389. The molecule has 1 aliphatic carbocycles. The van der Waals surface area contributed by atoms with E-state index in [4.69, 9.17) is 0 Å². The number of rotatable bonds is 6. The summed E-state index contributed by atoms with van der Waals surface area (Å²) in [5, 5.41) is 4.57. The molecule has 0 bridgehead atoms. The molecule has 0 amide bonds. The molecule has 2 unspecified atom stereocenters. The fraction of sp³-hybridized carbons (Fsp3) is 0.333. The maximum atomic E-state index is 2.62. The molecule has 34 heavy (non-hydrogen) atoms. The molecule has 0 aromatic heterocycles. The van der Waals surface area contributed by atoms with E-state index in [9.17, 15) is 0 Å². The van der Waals surface area contributed by atoms with Crippen LogP contribution >= 0.6 is 0 Å². The third-order valence-corrected chi connectivity index (χ3v) is 12.5. The van der Waals surface area contributed by atoms with Crippen LogP contribution in [0.3, 0.4) is 0 Å². The van der Waals surface area contributed by atoms with Crippen LogP contribution in [0.2, 0.25) is 5.54 Å². The van der Waals surface area contributed by atoms with Gasteiger partial charge in [0.25, 0.3) is 0 Å². The highest BCUT2D eigenvalue weighted by Gasteiger charge is 2.46. The van der Waals surface area contributed by atoms with Crippen molar-refractivity contribution in [3.63, 3.8) is 0 Å². The number of hydrogen-bond donors (Lipinski definition) is 0. The molecule has 0 fully saturated rings. The predicted molar refractivity (Wildman–Crippen MR) is 153 cm³/mol. The second-order valence-corrected chi connectivity index (χ2v) is 14.8. The average Bonchev–Trinajstić information content (AvgIpc) is 3.22. The third-order valence-electron chi connectivity index (χ3n) is 7.58. The summed E-state index contributed by atoms with van der Waals surface area (Å²) in [7, 11) is -2.44. The van der Waals surface area contributed by atoms with Gasteiger partial charge >= 0.3 is 0 Å². The Hall–Kier alpha value is -2.64. The van der Waals surface area contributed by atoms with Crippen LogP contribution < -0.4 is 15.6 Å². The zero-order valence-corrected chi connectivity index (χ0v) is 23.3. The van der Waals surface area contributed by atoms with Crippen LogP contribution in [-0.2, 0) is 0 Å². The Bertz CT molecular complexity index is 1090. The van der Waals surface area contributed by atoms with Crippen molar-refractivity contribution in [3.05, 3.63) is 112 Å². The highest BCUT2D eigenvalue weighted by Crippen LogP contribution is 2.35.